The summed E-state index contributed by atoms with van der Waals surface area (Å²) in [6.45, 7) is 9.06. The number of aromatic nitrogens is 5. The maximum absolute atomic E-state index is 13.9. The monoisotopic (exact) mass is 586 g/mol. The maximum atomic E-state index is 13.9. The maximum Gasteiger partial charge on any atom is 0.281 e. The number of hydrogen-bond acceptors (Lipinski definition) is 12. The van der Waals surface area contributed by atoms with E-state index in [0.29, 0.717) is 70.3 Å². The Hall–Kier alpha value is -3.85. The number of morpholine rings is 1. The van der Waals surface area contributed by atoms with Crippen LogP contribution in [0.3, 0.4) is 0 Å². The van der Waals surface area contributed by atoms with Gasteiger partial charge in [-0.2, -0.15) is 15.0 Å². The van der Waals surface area contributed by atoms with Gasteiger partial charge in [-0.25, -0.2) is 18.7 Å². The van der Waals surface area contributed by atoms with Crippen molar-refractivity contribution in [3.63, 3.8) is 0 Å². The van der Waals surface area contributed by atoms with Crippen molar-refractivity contribution in [2.75, 3.05) is 87.7 Å². The first kappa shape index (κ1) is 29.6. The second kappa shape index (κ2) is 13.4. The molecule has 3 aliphatic heterocycles. The third-order valence-electron chi connectivity index (χ3n) is 7.61. The Kier molecular flexibility index (Phi) is 9.47. The van der Waals surface area contributed by atoms with Crippen LogP contribution in [0.25, 0.3) is 11.4 Å². The smallest absolute Gasteiger partial charge is 0.281 e. The second-order valence-electron chi connectivity index (χ2n) is 10.6. The van der Waals surface area contributed by atoms with Crippen molar-refractivity contribution in [1.29, 1.82) is 0 Å². The van der Waals surface area contributed by atoms with Crippen LogP contribution < -0.4 is 15.5 Å². The van der Waals surface area contributed by atoms with Crippen LogP contribution in [0.15, 0.2) is 18.3 Å². The highest BCUT2D eigenvalue weighted by Gasteiger charge is 2.33. The SMILES string of the molecule is C/C=C/C(=O)CCC(=O)N1CC(CN2CCN(c3nc(-c4cnc(N)nc4C(F)F)nc(N4CCOCC4)n3)CC2)C1. The fourth-order valence-electron chi connectivity index (χ4n) is 5.31. The number of carbonyl (C=O) groups excluding carboxylic acids is 2. The molecule has 0 aromatic carbocycles. The standard InChI is InChI=1S/C27H36F2N10O3/c1-2-3-19(40)4-5-21(41)39-16-18(17-39)15-36-6-8-37(9-7-36)26-33-24(20-14-31-25(30)32-22(20)23(28)29)34-27(35-26)38-10-12-42-13-11-38/h2-3,14,18,23H,4-13,15-17H2,1H3,(H2,30,31,32)/b3-2+. The van der Waals surface area contributed by atoms with Gasteiger partial charge in [0.2, 0.25) is 23.8 Å². The number of hydrogen-bond donors (Lipinski definition) is 1. The van der Waals surface area contributed by atoms with Crippen LogP contribution in [0.4, 0.5) is 26.6 Å². The number of halogens is 2. The zero-order valence-electron chi connectivity index (χ0n) is 23.7. The molecule has 226 valence electrons. The largest absolute Gasteiger partial charge is 0.378 e. The number of carbonyl (C=O) groups is 2. The van der Waals surface area contributed by atoms with E-state index in [1.807, 2.05) is 14.7 Å². The number of likely N-dealkylation sites (tertiary alicyclic amines) is 1. The average molecular weight is 587 g/mol. The number of nitrogens with zero attached hydrogens (tertiary/aromatic N) is 9. The van der Waals surface area contributed by atoms with Crippen LogP contribution in [0.5, 0.6) is 0 Å². The molecule has 1 amide bonds. The zero-order valence-corrected chi connectivity index (χ0v) is 23.7. The molecule has 3 fully saturated rings. The predicted molar refractivity (Wildman–Crippen MR) is 151 cm³/mol. The third kappa shape index (κ3) is 7.13. The van der Waals surface area contributed by atoms with Crippen LogP contribution >= 0.6 is 0 Å². The summed E-state index contributed by atoms with van der Waals surface area (Å²) >= 11 is 0. The Morgan fingerprint density at radius 1 is 1.00 bits per heavy atom. The molecule has 15 heteroatoms. The van der Waals surface area contributed by atoms with Gasteiger partial charge in [-0.05, 0) is 13.0 Å². The molecular formula is C27H36F2N10O3. The highest BCUT2D eigenvalue weighted by Crippen LogP contribution is 2.30. The fourth-order valence-corrected chi connectivity index (χ4v) is 5.31. The van der Waals surface area contributed by atoms with Crippen LogP contribution in [-0.2, 0) is 14.3 Å². The van der Waals surface area contributed by atoms with Crippen molar-refractivity contribution in [2.45, 2.75) is 26.2 Å². The topological polar surface area (TPSA) is 147 Å². The zero-order chi connectivity index (χ0) is 29.6. The van der Waals surface area contributed by atoms with E-state index in [-0.39, 0.29) is 41.9 Å². The van der Waals surface area contributed by atoms with Crippen molar-refractivity contribution in [1.82, 2.24) is 34.7 Å². The molecule has 2 aromatic rings. The summed E-state index contributed by atoms with van der Waals surface area (Å²) in [6, 6.07) is 0. The minimum absolute atomic E-state index is 0.0197. The number of piperazine rings is 1. The lowest BCUT2D eigenvalue weighted by molar-refractivity contribution is -0.139. The summed E-state index contributed by atoms with van der Waals surface area (Å²) in [6.07, 6.45) is 2.03. The van der Waals surface area contributed by atoms with Crippen LogP contribution in [0, 0.1) is 5.92 Å². The molecule has 0 spiro atoms. The van der Waals surface area contributed by atoms with Gasteiger partial charge in [0.1, 0.15) is 5.69 Å². The Balaban J connectivity index is 1.22. The van der Waals surface area contributed by atoms with Gasteiger partial charge in [-0.3, -0.25) is 14.5 Å². The van der Waals surface area contributed by atoms with E-state index in [4.69, 9.17) is 15.5 Å². The lowest BCUT2D eigenvalue weighted by atomic mass is 9.98. The Bertz CT molecular complexity index is 1290. The van der Waals surface area contributed by atoms with E-state index in [1.165, 1.54) is 12.3 Å². The van der Waals surface area contributed by atoms with Gasteiger partial charge in [0.25, 0.3) is 6.43 Å². The number of alkyl halides is 2. The molecule has 5 heterocycles. The highest BCUT2D eigenvalue weighted by molar-refractivity contribution is 5.92. The molecule has 42 heavy (non-hydrogen) atoms. The van der Waals surface area contributed by atoms with Gasteiger partial charge in [-0.1, -0.05) is 6.08 Å². The highest BCUT2D eigenvalue weighted by atomic mass is 19.3. The van der Waals surface area contributed by atoms with E-state index in [9.17, 15) is 18.4 Å². The number of allylic oxidation sites excluding steroid dienone is 2. The molecule has 2 aromatic heterocycles. The molecule has 0 saturated carbocycles. The third-order valence-corrected chi connectivity index (χ3v) is 7.61. The molecule has 0 aliphatic carbocycles. The molecule has 0 bridgehead atoms. The van der Waals surface area contributed by atoms with Gasteiger partial charge in [0, 0.05) is 83.9 Å². The first-order valence-electron chi connectivity index (χ1n) is 14.2. The van der Waals surface area contributed by atoms with Crippen LogP contribution in [0.2, 0.25) is 0 Å². The first-order chi connectivity index (χ1) is 20.3. The minimum atomic E-state index is -2.88. The average Bonchev–Trinajstić information content (AvgIpc) is 2.98. The van der Waals surface area contributed by atoms with Crippen molar-refractivity contribution in [3.05, 3.63) is 24.0 Å². The van der Waals surface area contributed by atoms with E-state index >= 15 is 0 Å². The Labute approximate surface area is 242 Å². The van der Waals surface area contributed by atoms with E-state index in [1.54, 1.807) is 13.0 Å². The van der Waals surface area contributed by atoms with E-state index in [0.717, 1.165) is 19.6 Å². The molecule has 13 nitrogen and oxygen atoms in total. The van der Waals surface area contributed by atoms with Crippen molar-refractivity contribution in [2.24, 2.45) is 5.92 Å². The summed E-state index contributed by atoms with van der Waals surface area (Å²) in [7, 11) is 0. The molecule has 3 aliphatic rings. The minimum Gasteiger partial charge on any atom is -0.378 e. The lowest BCUT2D eigenvalue weighted by Crippen LogP contribution is -2.56. The number of amides is 1. The van der Waals surface area contributed by atoms with Crippen LogP contribution in [-0.4, -0.2) is 119 Å². The molecule has 5 rings (SSSR count). The summed E-state index contributed by atoms with van der Waals surface area (Å²) < 4.78 is 33.2. The predicted octanol–water partition coefficient (Wildman–Crippen LogP) is 1.19. The second-order valence-corrected chi connectivity index (χ2v) is 10.6. The van der Waals surface area contributed by atoms with Crippen molar-refractivity contribution >= 4 is 29.5 Å². The van der Waals surface area contributed by atoms with Crippen molar-refractivity contribution < 1.29 is 23.1 Å². The number of ketones is 1. The van der Waals surface area contributed by atoms with Gasteiger partial charge in [0.05, 0.1) is 18.8 Å². The summed E-state index contributed by atoms with van der Waals surface area (Å²) in [5.74, 6) is 1.02. The van der Waals surface area contributed by atoms with Crippen LogP contribution in [0.1, 0.15) is 31.9 Å². The number of rotatable bonds is 10. The fraction of sp³-hybridized carbons (Fsp3) is 0.593. The number of anilines is 3. The summed E-state index contributed by atoms with van der Waals surface area (Å²) in [4.78, 5) is 53.6. The normalized spacial score (nSPS) is 18.6. The lowest BCUT2D eigenvalue weighted by Gasteiger charge is -2.43. The Morgan fingerprint density at radius 2 is 1.67 bits per heavy atom. The summed E-state index contributed by atoms with van der Waals surface area (Å²) in [5, 5.41) is 0. The van der Waals surface area contributed by atoms with E-state index in [2.05, 4.69) is 24.8 Å². The molecule has 3 saturated heterocycles. The van der Waals surface area contributed by atoms with Gasteiger partial charge in [-0.15, -0.1) is 0 Å². The van der Waals surface area contributed by atoms with Gasteiger partial charge < -0.3 is 25.2 Å². The number of nitrogens with two attached hydrogens (primary N) is 1. The first-order valence-corrected chi connectivity index (χ1v) is 14.2. The van der Waals surface area contributed by atoms with Gasteiger partial charge >= 0.3 is 0 Å². The van der Waals surface area contributed by atoms with E-state index < -0.39 is 12.1 Å². The number of ether oxygens (including phenoxy) is 1. The quantitative estimate of drug-likeness (QED) is 0.399. The Morgan fingerprint density at radius 3 is 2.31 bits per heavy atom. The summed E-state index contributed by atoms with van der Waals surface area (Å²) in [5.41, 5.74) is 5.08. The molecular weight excluding hydrogens is 550 g/mol. The molecule has 0 unspecified atom stereocenters. The molecule has 0 radical (unpaired) electrons. The molecule has 0 atom stereocenters. The van der Waals surface area contributed by atoms with Crippen molar-refractivity contribution in [3.8, 4) is 11.4 Å². The molecule has 2 N–H and O–H groups in total. The van der Waals surface area contributed by atoms with Gasteiger partial charge in [0.15, 0.2) is 11.6 Å². The number of nitrogen functional groups attached to an aromatic ring is 1.